The van der Waals surface area contributed by atoms with Gasteiger partial charge in [0.15, 0.2) is 0 Å². The molecule has 2 N–H and O–H groups in total. The van der Waals surface area contributed by atoms with Gasteiger partial charge in [0.05, 0.1) is 6.20 Å². The first kappa shape index (κ1) is 4.49. The lowest BCUT2D eigenvalue weighted by Crippen LogP contribution is -1.96. The number of aromatic nitrogens is 2. The van der Waals surface area contributed by atoms with E-state index in [0.29, 0.717) is 18.4 Å². The average Bonchev–Trinajstić information content (AvgIpc) is 2.35. The second-order valence-electron chi connectivity index (χ2n) is 1.79. The minimum atomic E-state index is 0.515. The van der Waals surface area contributed by atoms with Crippen LogP contribution in [0.2, 0.25) is 0 Å². The zero-order chi connectivity index (χ0) is 6.27. The first-order valence-electron chi connectivity index (χ1n) is 2.56. The van der Waals surface area contributed by atoms with Crippen molar-refractivity contribution >= 4 is 11.8 Å². The predicted octanol–water partition coefficient (Wildman–Crippen LogP) is 0.520. The van der Waals surface area contributed by atoms with Gasteiger partial charge in [-0.25, -0.2) is 4.98 Å². The lowest BCUT2D eigenvalue weighted by molar-refractivity contribution is 0.788. The maximum absolute atomic E-state index is 5.47. The molecule has 0 atom stereocenters. The van der Waals surface area contributed by atoms with Crippen molar-refractivity contribution in [2.45, 2.75) is 6.67 Å². The molecule has 2 rings (SSSR count). The summed E-state index contributed by atoms with van der Waals surface area (Å²) >= 11 is 0. The normalized spacial score (nSPS) is 14.2. The highest BCUT2D eigenvalue weighted by Crippen LogP contribution is 2.20. The second-order valence-corrected chi connectivity index (χ2v) is 1.79. The Labute approximate surface area is 51.2 Å². The molecule has 0 aliphatic carbocycles. The summed E-state index contributed by atoms with van der Waals surface area (Å²) in [6.45, 7) is 0.515. The molecule has 0 amide bonds. The second kappa shape index (κ2) is 1.31. The molecule has 0 saturated heterocycles. The van der Waals surface area contributed by atoms with E-state index in [2.05, 4.69) is 15.2 Å². The topological polar surface area (TPSA) is 68.6 Å². The van der Waals surface area contributed by atoms with Crippen LogP contribution >= 0.6 is 0 Å². The van der Waals surface area contributed by atoms with Gasteiger partial charge in [-0.15, -0.1) is 5.11 Å². The minimum Gasteiger partial charge on any atom is -0.384 e. The number of nitrogen functional groups attached to an aromatic ring is 1. The van der Waals surface area contributed by atoms with Crippen molar-refractivity contribution < 1.29 is 0 Å². The van der Waals surface area contributed by atoms with Crippen LogP contribution in [-0.4, -0.2) is 9.55 Å². The number of hydrogen-bond acceptors (Lipinski definition) is 4. The molecule has 0 fully saturated rings. The first-order valence-corrected chi connectivity index (χ1v) is 2.56. The smallest absolute Gasteiger partial charge is 0.252 e. The summed E-state index contributed by atoms with van der Waals surface area (Å²) in [7, 11) is 0. The molecular formula is C4H5N5. The van der Waals surface area contributed by atoms with Crippen LogP contribution < -0.4 is 5.73 Å². The fourth-order valence-electron chi connectivity index (χ4n) is 0.762. The predicted molar refractivity (Wildman–Crippen MR) is 31.2 cm³/mol. The Hall–Kier alpha value is -1.39. The molecule has 1 aromatic rings. The maximum atomic E-state index is 5.47. The zero-order valence-corrected chi connectivity index (χ0v) is 4.65. The van der Waals surface area contributed by atoms with Gasteiger partial charge >= 0.3 is 0 Å². The summed E-state index contributed by atoms with van der Waals surface area (Å²) in [5, 5.41) is 7.43. The van der Waals surface area contributed by atoms with E-state index in [4.69, 9.17) is 5.73 Å². The molecule has 0 spiro atoms. The molecule has 0 bridgehead atoms. The summed E-state index contributed by atoms with van der Waals surface area (Å²) in [5.74, 6) is 1.22. The summed E-state index contributed by atoms with van der Waals surface area (Å²) < 4.78 is 1.74. The fourth-order valence-corrected chi connectivity index (χ4v) is 0.762. The van der Waals surface area contributed by atoms with E-state index in [1.165, 1.54) is 0 Å². The molecule has 2 heterocycles. The molecule has 1 aliphatic heterocycles. The van der Waals surface area contributed by atoms with Crippen LogP contribution in [0.4, 0.5) is 11.8 Å². The number of azo groups is 1. The maximum Gasteiger partial charge on any atom is 0.252 e. The van der Waals surface area contributed by atoms with Crippen molar-refractivity contribution in [3.05, 3.63) is 6.20 Å². The summed E-state index contributed by atoms with van der Waals surface area (Å²) in [6, 6.07) is 0. The van der Waals surface area contributed by atoms with Crippen LogP contribution in [0.3, 0.4) is 0 Å². The van der Waals surface area contributed by atoms with Crippen molar-refractivity contribution in [2.75, 3.05) is 5.73 Å². The Morgan fingerprint density at radius 2 is 2.56 bits per heavy atom. The SMILES string of the molecule is Nc1cnc2n1CN=N2. The van der Waals surface area contributed by atoms with Crippen LogP contribution in [0.25, 0.3) is 0 Å². The number of nitrogens with zero attached hydrogens (tertiary/aromatic N) is 4. The molecule has 0 saturated carbocycles. The molecule has 0 aromatic carbocycles. The molecule has 1 aromatic heterocycles. The van der Waals surface area contributed by atoms with E-state index < -0.39 is 0 Å². The van der Waals surface area contributed by atoms with E-state index in [-0.39, 0.29) is 0 Å². The van der Waals surface area contributed by atoms with Gasteiger partial charge in [-0.1, -0.05) is 0 Å². The highest BCUT2D eigenvalue weighted by atomic mass is 15.4. The Morgan fingerprint density at radius 3 is 3.33 bits per heavy atom. The van der Waals surface area contributed by atoms with Crippen molar-refractivity contribution in [1.29, 1.82) is 0 Å². The van der Waals surface area contributed by atoms with Gasteiger partial charge in [-0.2, -0.15) is 5.11 Å². The molecular weight excluding hydrogens is 118 g/mol. The molecule has 9 heavy (non-hydrogen) atoms. The standard InChI is InChI=1S/C4H5N5/c5-3-1-6-4-8-7-2-9(3)4/h1H,2,5H2. The summed E-state index contributed by atoms with van der Waals surface area (Å²) in [4.78, 5) is 3.87. The first-order chi connectivity index (χ1) is 4.38. The van der Waals surface area contributed by atoms with E-state index in [1.54, 1.807) is 10.8 Å². The molecule has 0 unspecified atom stereocenters. The average molecular weight is 123 g/mol. The van der Waals surface area contributed by atoms with E-state index in [0.717, 1.165) is 0 Å². The third-order valence-corrected chi connectivity index (χ3v) is 1.23. The number of fused-ring (bicyclic) bond motifs is 1. The number of rotatable bonds is 0. The fraction of sp³-hybridized carbons (Fsp3) is 0.250. The highest BCUT2D eigenvalue weighted by Gasteiger charge is 2.09. The number of anilines is 1. The van der Waals surface area contributed by atoms with Crippen molar-refractivity contribution in [1.82, 2.24) is 9.55 Å². The Balaban J connectivity index is 2.65. The van der Waals surface area contributed by atoms with Crippen molar-refractivity contribution in [3.63, 3.8) is 0 Å². The van der Waals surface area contributed by atoms with Gasteiger partial charge in [0, 0.05) is 0 Å². The lowest BCUT2D eigenvalue weighted by Gasteiger charge is -1.91. The van der Waals surface area contributed by atoms with Crippen LogP contribution in [0.5, 0.6) is 0 Å². The van der Waals surface area contributed by atoms with E-state index in [1.807, 2.05) is 0 Å². The van der Waals surface area contributed by atoms with Crippen molar-refractivity contribution in [2.24, 2.45) is 10.2 Å². The summed E-state index contributed by atoms with van der Waals surface area (Å²) in [5.41, 5.74) is 5.47. The van der Waals surface area contributed by atoms with Gasteiger partial charge in [-0.3, -0.25) is 4.57 Å². The summed E-state index contributed by atoms with van der Waals surface area (Å²) in [6.07, 6.45) is 1.58. The van der Waals surface area contributed by atoms with Gasteiger partial charge in [0.25, 0.3) is 5.95 Å². The van der Waals surface area contributed by atoms with Gasteiger partial charge in [0.1, 0.15) is 12.5 Å². The van der Waals surface area contributed by atoms with Crippen LogP contribution in [0.15, 0.2) is 16.4 Å². The van der Waals surface area contributed by atoms with Crippen LogP contribution in [0.1, 0.15) is 0 Å². The third kappa shape index (κ3) is 0.453. The Bertz CT molecular complexity index is 260. The molecule has 5 heteroatoms. The Morgan fingerprint density at radius 1 is 1.67 bits per heavy atom. The van der Waals surface area contributed by atoms with Gasteiger partial charge in [-0.05, 0) is 0 Å². The Kier molecular flexibility index (Phi) is 0.652. The van der Waals surface area contributed by atoms with Crippen molar-refractivity contribution in [3.8, 4) is 0 Å². The highest BCUT2D eigenvalue weighted by molar-refractivity contribution is 5.36. The zero-order valence-electron chi connectivity index (χ0n) is 4.65. The molecule has 0 radical (unpaired) electrons. The minimum absolute atomic E-state index is 0.515. The lowest BCUT2D eigenvalue weighted by atomic mass is 10.7. The molecule has 5 nitrogen and oxygen atoms in total. The molecule has 46 valence electrons. The number of hydrogen-bond donors (Lipinski definition) is 1. The van der Waals surface area contributed by atoms with Crippen LogP contribution in [-0.2, 0) is 6.67 Å². The van der Waals surface area contributed by atoms with E-state index in [9.17, 15) is 0 Å². The molecule has 1 aliphatic rings. The monoisotopic (exact) mass is 123 g/mol. The largest absolute Gasteiger partial charge is 0.384 e. The van der Waals surface area contributed by atoms with Gasteiger partial charge in [0.2, 0.25) is 0 Å². The number of nitrogens with two attached hydrogens (primary N) is 1. The van der Waals surface area contributed by atoms with Gasteiger partial charge < -0.3 is 5.73 Å². The van der Waals surface area contributed by atoms with E-state index >= 15 is 0 Å². The third-order valence-electron chi connectivity index (χ3n) is 1.23. The van der Waals surface area contributed by atoms with Crippen LogP contribution in [0, 0.1) is 0 Å². The number of imidazole rings is 1. The quantitative estimate of drug-likeness (QED) is 0.546.